The van der Waals surface area contributed by atoms with Gasteiger partial charge in [-0.1, -0.05) is 0 Å². The SMILES string of the molecule is Cc1cc(C#N)cc2nc(-c3ccc(NC(=O)COC(C)(C)C(F)(F)F)cn3)oc12. The van der Waals surface area contributed by atoms with E-state index in [0.29, 0.717) is 22.4 Å². The van der Waals surface area contributed by atoms with E-state index in [1.165, 1.54) is 12.3 Å². The lowest BCUT2D eigenvalue weighted by atomic mass is 10.1. The molecule has 0 saturated carbocycles. The molecule has 3 aromatic rings. The number of oxazole rings is 1. The number of halogens is 3. The zero-order valence-corrected chi connectivity index (χ0v) is 16.3. The molecule has 0 aliphatic heterocycles. The molecule has 1 amide bonds. The van der Waals surface area contributed by atoms with Crippen LogP contribution in [0.1, 0.15) is 25.0 Å². The largest absolute Gasteiger partial charge is 0.434 e. The number of fused-ring (bicyclic) bond motifs is 1. The lowest BCUT2D eigenvalue weighted by Gasteiger charge is -2.27. The zero-order chi connectivity index (χ0) is 22.1. The van der Waals surface area contributed by atoms with Gasteiger partial charge in [0, 0.05) is 0 Å². The van der Waals surface area contributed by atoms with Gasteiger partial charge in [-0.3, -0.25) is 4.79 Å². The number of carbonyl (C=O) groups excluding carboxylic acids is 1. The van der Waals surface area contributed by atoms with Crippen LogP contribution in [0.5, 0.6) is 0 Å². The van der Waals surface area contributed by atoms with Crippen molar-refractivity contribution in [1.29, 1.82) is 5.26 Å². The predicted molar refractivity (Wildman–Crippen MR) is 101 cm³/mol. The van der Waals surface area contributed by atoms with Crippen molar-refractivity contribution in [3.8, 4) is 17.7 Å². The van der Waals surface area contributed by atoms with E-state index in [9.17, 15) is 18.0 Å². The van der Waals surface area contributed by atoms with Gasteiger partial charge in [0.25, 0.3) is 0 Å². The number of hydrogen-bond donors (Lipinski definition) is 1. The molecule has 2 aromatic heterocycles. The monoisotopic (exact) mass is 418 g/mol. The fraction of sp³-hybridized carbons (Fsp3) is 0.300. The van der Waals surface area contributed by atoms with Crippen molar-refractivity contribution in [2.45, 2.75) is 32.5 Å². The molecule has 0 atom stereocenters. The standard InChI is InChI=1S/C20H17F3N4O3/c1-11-6-12(8-24)7-15-17(11)30-18(27-15)14-5-4-13(9-25-14)26-16(28)10-29-19(2,3)20(21,22)23/h4-7,9H,10H2,1-3H3,(H,26,28). The summed E-state index contributed by atoms with van der Waals surface area (Å²) in [6.45, 7) is 2.72. The Balaban J connectivity index is 1.70. The Morgan fingerprint density at radius 3 is 2.63 bits per heavy atom. The predicted octanol–water partition coefficient (Wildman–Crippen LogP) is 4.37. The maximum Gasteiger partial charge on any atom is 0.416 e. The highest BCUT2D eigenvalue weighted by atomic mass is 19.4. The number of alkyl halides is 3. The van der Waals surface area contributed by atoms with Crippen molar-refractivity contribution in [2.24, 2.45) is 0 Å². The van der Waals surface area contributed by atoms with Crippen molar-refractivity contribution in [3.63, 3.8) is 0 Å². The molecule has 1 aromatic carbocycles. The maximum atomic E-state index is 12.8. The lowest BCUT2D eigenvalue weighted by molar-refractivity contribution is -0.261. The number of carbonyl (C=O) groups is 1. The molecule has 3 rings (SSSR count). The van der Waals surface area contributed by atoms with Gasteiger partial charge < -0.3 is 14.5 Å². The van der Waals surface area contributed by atoms with E-state index in [4.69, 9.17) is 9.68 Å². The van der Waals surface area contributed by atoms with Crippen molar-refractivity contribution in [3.05, 3.63) is 41.6 Å². The normalized spacial score (nSPS) is 12.0. The molecule has 0 aliphatic carbocycles. The average Bonchev–Trinajstić information content (AvgIpc) is 3.11. The van der Waals surface area contributed by atoms with Gasteiger partial charge in [0.2, 0.25) is 11.8 Å². The third kappa shape index (κ3) is 4.41. The molecule has 0 spiro atoms. The number of benzene rings is 1. The van der Waals surface area contributed by atoms with Crippen molar-refractivity contribution in [1.82, 2.24) is 9.97 Å². The Kier molecular flexibility index (Phi) is 5.50. The Hall–Kier alpha value is -3.45. The van der Waals surface area contributed by atoms with Gasteiger partial charge >= 0.3 is 6.18 Å². The summed E-state index contributed by atoms with van der Waals surface area (Å²) in [5.41, 5.74) is 0.490. The number of ether oxygens (including phenoxy) is 1. The molecule has 0 saturated heterocycles. The van der Waals surface area contributed by atoms with E-state index < -0.39 is 24.3 Å². The third-order valence-electron chi connectivity index (χ3n) is 4.32. The van der Waals surface area contributed by atoms with Crippen LogP contribution < -0.4 is 5.32 Å². The minimum absolute atomic E-state index is 0.233. The average molecular weight is 418 g/mol. The Morgan fingerprint density at radius 2 is 2.03 bits per heavy atom. The van der Waals surface area contributed by atoms with Crippen molar-refractivity contribution >= 4 is 22.7 Å². The van der Waals surface area contributed by atoms with Gasteiger partial charge in [-0.2, -0.15) is 18.4 Å². The second kappa shape index (κ2) is 7.76. The first-order valence-corrected chi connectivity index (χ1v) is 8.78. The third-order valence-corrected chi connectivity index (χ3v) is 4.32. The molecule has 0 radical (unpaired) electrons. The molecule has 0 fully saturated rings. The second-order valence-corrected chi connectivity index (χ2v) is 7.05. The number of aromatic nitrogens is 2. The highest BCUT2D eigenvalue weighted by molar-refractivity contribution is 5.91. The quantitative estimate of drug-likeness (QED) is 0.660. The van der Waals surface area contributed by atoms with Crippen LogP contribution in [0.2, 0.25) is 0 Å². The van der Waals surface area contributed by atoms with Gasteiger partial charge in [0.15, 0.2) is 11.2 Å². The summed E-state index contributed by atoms with van der Waals surface area (Å²) in [7, 11) is 0. The van der Waals surface area contributed by atoms with Gasteiger partial charge in [0.1, 0.15) is 17.8 Å². The van der Waals surface area contributed by atoms with Crippen LogP contribution in [-0.4, -0.2) is 34.3 Å². The summed E-state index contributed by atoms with van der Waals surface area (Å²) in [5, 5.41) is 11.5. The van der Waals surface area contributed by atoms with Crippen LogP contribution in [0.3, 0.4) is 0 Å². The first-order chi connectivity index (χ1) is 14.0. The molecular weight excluding hydrogens is 401 g/mol. The van der Waals surface area contributed by atoms with Crippen LogP contribution in [0.4, 0.5) is 18.9 Å². The van der Waals surface area contributed by atoms with Crippen molar-refractivity contribution < 1.29 is 27.1 Å². The molecular formula is C20H17F3N4O3. The van der Waals surface area contributed by atoms with Gasteiger partial charge in [-0.05, 0) is 50.6 Å². The smallest absolute Gasteiger partial charge is 0.416 e. The van der Waals surface area contributed by atoms with E-state index >= 15 is 0 Å². The number of pyridine rings is 1. The number of amides is 1. The van der Waals surface area contributed by atoms with Gasteiger partial charge in [-0.15, -0.1) is 0 Å². The van der Waals surface area contributed by atoms with E-state index in [0.717, 1.165) is 19.4 Å². The number of rotatable bonds is 5. The Morgan fingerprint density at radius 1 is 1.30 bits per heavy atom. The van der Waals surface area contributed by atoms with Crippen molar-refractivity contribution in [2.75, 3.05) is 11.9 Å². The molecule has 10 heteroatoms. The molecule has 30 heavy (non-hydrogen) atoms. The Labute approximate surface area is 169 Å². The van der Waals surface area contributed by atoms with E-state index in [2.05, 4.69) is 26.1 Å². The van der Waals surface area contributed by atoms with Crippen LogP contribution >= 0.6 is 0 Å². The topological polar surface area (TPSA) is 101 Å². The first kappa shape index (κ1) is 21.3. The second-order valence-electron chi connectivity index (χ2n) is 7.05. The van der Waals surface area contributed by atoms with Gasteiger partial charge in [0.05, 0.1) is 23.5 Å². The van der Waals surface area contributed by atoms with E-state index in [-0.39, 0.29) is 11.6 Å². The molecule has 0 aliphatic rings. The van der Waals surface area contributed by atoms with Crippen LogP contribution in [-0.2, 0) is 9.53 Å². The first-order valence-electron chi connectivity index (χ1n) is 8.78. The summed E-state index contributed by atoms with van der Waals surface area (Å²) in [4.78, 5) is 20.4. The highest BCUT2D eigenvalue weighted by Gasteiger charge is 2.48. The molecule has 7 nitrogen and oxygen atoms in total. The molecule has 1 N–H and O–H groups in total. The van der Waals surface area contributed by atoms with Crippen LogP contribution in [0.25, 0.3) is 22.7 Å². The number of hydrogen-bond acceptors (Lipinski definition) is 6. The van der Waals surface area contributed by atoms with Crippen LogP contribution in [0.15, 0.2) is 34.9 Å². The number of nitrogens with zero attached hydrogens (tertiary/aromatic N) is 3. The highest BCUT2D eigenvalue weighted by Crippen LogP contribution is 2.32. The fourth-order valence-electron chi connectivity index (χ4n) is 2.49. The summed E-state index contributed by atoms with van der Waals surface area (Å²) >= 11 is 0. The maximum absolute atomic E-state index is 12.8. The zero-order valence-electron chi connectivity index (χ0n) is 16.3. The number of aryl methyl sites for hydroxylation is 1. The minimum atomic E-state index is -4.59. The Bertz CT molecular complexity index is 1130. The lowest BCUT2D eigenvalue weighted by Crippen LogP contribution is -2.43. The minimum Gasteiger partial charge on any atom is -0.434 e. The fourth-order valence-corrected chi connectivity index (χ4v) is 2.49. The van der Waals surface area contributed by atoms with E-state index in [1.54, 1.807) is 25.1 Å². The number of anilines is 1. The molecule has 0 unspecified atom stereocenters. The summed E-state index contributed by atoms with van der Waals surface area (Å²) < 4.78 is 48.7. The molecule has 2 heterocycles. The summed E-state index contributed by atoms with van der Waals surface area (Å²) in [6, 6.07) is 8.40. The van der Waals surface area contributed by atoms with E-state index in [1.807, 2.05) is 0 Å². The number of nitriles is 1. The van der Waals surface area contributed by atoms with Gasteiger partial charge in [-0.25, -0.2) is 9.97 Å². The molecule has 156 valence electrons. The summed E-state index contributed by atoms with van der Waals surface area (Å²) in [5.74, 6) is -0.514. The summed E-state index contributed by atoms with van der Waals surface area (Å²) in [6.07, 6.45) is -3.27. The molecule has 0 bridgehead atoms. The van der Waals surface area contributed by atoms with Crippen LogP contribution in [0, 0.1) is 18.3 Å². The number of nitrogens with one attached hydrogen (secondary N) is 1.